The fraction of sp³-hybridized carbons (Fsp3) is 0.192. The number of thioether (sulfide) groups is 1. The molecule has 0 bridgehead atoms. The Hall–Kier alpha value is -3.16. The van der Waals surface area contributed by atoms with Gasteiger partial charge in [0.2, 0.25) is 0 Å². The molecule has 0 spiro atoms. The standard InChI is InChI=1S/C26H25N3O2S2/c1-5-13-29-25(31)22-21(19-11-9-17(2)10-12-19)16-32-23(22)27-26(29)33-15-18-7-6-8-20(14-18)24(30)28(3)4/h5-12,14,16H,1,13,15H2,2-4H3. The summed E-state index contributed by atoms with van der Waals surface area (Å²) in [5.74, 6) is 0.562. The Balaban J connectivity index is 1.70. The van der Waals surface area contributed by atoms with Crippen LogP contribution in [0.25, 0.3) is 21.3 Å². The van der Waals surface area contributed by atoms with E-state index in [1.165, 1.54) is 28.7 Å². The number of aryl methyl sites for hydroxylation is 1. The fourth-order valence-corrected chi connectivity index (χ4v) is 5.49. The predicted molar refractivity (Wildman–Crippen MR) is 138 cm³/mol. The molecule has 1 amide bonds. The fourth-order valence-electron chi connectivity index (χ4n) is 3.55. The van der Waals surface area contributed by atoms with Crippen molar-refractivity contribution < 1.29 is 4.79 Å². The van der Waals surface area contributed by atoms with Gasteiger partial charge in [-0.25, -0.2) is 4.98 Å². The predicted octanol–water partition coefficient (Wildman–Crippen LogP) is 5.61. The number of allylic oxidation sites excluding steroid dienone is 1. The summed E-state index contributed by atoms with van der Waals surface area (Å²) in [7, 11) is 3.48. The van der Waals surface area contributed by atoms with Gasteiger partial charge in [0, 0.05) is 42.9 Å². The van der Waals surface area contributed by atoms with E-state index in [0.717, 1.165) is 21.5 Å². The van der Waals surface area contributed by atoms with E-state index in [9.17, 15) is 9.59 Å². The first-order valence-corrected chi connectivity index (χ1v) is 12.4. The van der Waals surface area contributed by atoms with Gasteiger partial charge in [-0.3, -0.25) is 14.2 Å². The lowest BCUT2D eigenvalue weighted by atomic mass is 10.1. The molecule has 168 valence electrons. The highest BCUT2D eigenvalue weighted by atomic mass is 32.2. The maximum Gasteiger partial charge on any atom is 0.263 e. The molecule has 0 saturated carbocycles. The number of nitrogens with zero attached hydrogens (tertiary/aromatic N) is 3. The average Bonchev–Trinajstić information content (AvgIpc) is 3.24. The number of aromatic nitrogens is 2. The highest BCUT2D eigenvalue weighted by Crippen LogP contribution is 2.33. The second-order valence-electron chi connectivity index (χ2n) is 7.98. The second-order valence-corrected chi connectivity index (χ2v) is 9.78. The second kappa shape index (κ2) is 9.77. The Kier molecular flexibility index (Phi) is 6.81. The van der Waals surface area contributed by atoms with E-state index < -0.39 is 0 Å². The van der Waals surface area contributed by atoms with Crippen molar-refractivity contribution in [3.8, 4) is 11.1 Å². The Morgan fingerprint density at radius 3 is 2.67 bits per heavy atom. The number of hydrogen-bond donors (Lipinski definition) is 0. The van der Waals surface area contributed by atoms with Crippen LogP contribution in [-0.4, -0.2) is 34.5 Å². The molecule has 0 radical (unpaired) electrons. The van der Waals surface area contributed by atoms with Crippen molar-refractivity contribution in [1.29, 1.82) is 0 Å². The molecule has 0 saturated heterocycles. The Labute approximate surface area is 201 Å². The number of benzene rings is 2. The van der Waals surface area contributed by atoms with E-state index in [1.54, 1.807) is 29.6 Å². The van der Waals surface area contributed by atoms with E-state index in [4.69, 9.17) is 4.98 Å². The normalized spacial score (nSPS) is 11.0. The van der Waals surface area contributed by atoms with E-state index in [-0.39, 0.29) is 11.5 Å². The van der Waals surface area contributed by atoms with Crippen LogP contribution >= 0.6 is 23.1 Å². The Morgan fingerprint density at radius 2 is 1.97 bits per heavy atom. The first kappa shape index (κ1) is 23.0. The van der Waals surface area contributed by atoms with Gasteiger partial charge in [0.1, 0.15) is 4.83 Å². The van der Waals surface area contributed by atoms with Gasteiger partial charge in [0.25, 0.3) is 11.5 Å². The lowest BCUT2D eigenvalue weighted by Gasteiger charge is -2.12. The first-order valence-electron chi connectivity index (χ1n) is 10.5. The summed E-state index contributed by atoms with van der Waals surface area (Å²) < 4.78 is 1.68. The average molecular weight is 476 g/mol. The summed E-state index contributed by atoms with van der Waals surface area (Å²) in [5.41, 5.74) is 4.69. The molecule has 2 aromatic carbocycles. The monoisotopic (exact) mass is 475 g/mol. The van der Waals surface area contributed by atoms with Crippen LogP contribution in [0.1, 0.15) is 21.5 Å². The van der Waals surface area contributed by atoms with Crippen LogP contribution in [0.3, 0.4) is 0 Å². The van der Waals surface area contributed by atoms with Crippen LogP contribution in [0, 0.1) is 6.92 Å². The first-order chi connectivity index (χ1) is 15.9. The molecular formula is C26H25N3O2S2. The number of rotatable bonds is 7. The lowest BCUT2D eigenvalue weighted by molar-refractivity contribution is 0.0827. The quantitative estimate of drug-likeness (QED) is 0.198. The molecular weight excluding hydrogens is 450 g/mol. The highest BCUT2D eigenvalue weighted by molar-refractivity contribution is 7.98. The minimum atomic E-state index is -0.0595. The summed E-state index contributed by atoms with van der Waals surface area (Å²) >= 11 is 2.98. The van der Waals surface area contributed by atoms with Gasteiger partial charge in [0.05, 0.1) is 5.39 Å². The lowest BCUT2D eigenvalue weighted by Crippen LogP contribution is -2.22. The molecule has 0 atom stereocenters. The molecule has 0 fully saturated rings. The highest BCUT2D eigenvalue weighted by Gasteiger charge is 2.17. The van der Waals surface area contributed by atoms with Crippen LogP contribution in [0.2, 0.25) is 0 Å². The summed E-state index contributed by atoms with van der Waals surface area (Å²) in [6.07, 6.45) is 1.72. The molecule has 2 aromatic heterocycles. The molecule has 2 heterocycles. The van der Waals surface area contributed by atoms with Crippen LogP contribution in [0.15, 0.2) is 76.5 Å². The third-order valence-electron chi connectivity index (χ3n) is 5.28. The zero-order valence-corrected chi connectivity index (χ0v) is 20.5. The van der Waals surface area contributed by atoms with Crippen molar-refractivity contribution in [3.63, 3.8) is 0 Å². The maximum absolute atomic E-state index is 13.5. The van der Waals surface area contributed by atoms with Crippen molar-refractivity contribution in [2.45, 2.75) is 24.4 Å². The molecule has 0 N–H and O–H groups in total. The van der Waals surface area contributed by atoms with Crippen molar-refractivity contribution >= 4 is 39.2 Å². The van der Waals surface area contributed by atoms with Gasteiger partial charge in [-0.05, 0) is 30.2 Å². The largest absolute Gasteiger partial charge is 0.345 e. The smallest absolute Gasteiger partial charge is 0.263 e. The number of hydrogen-bond acceptors (Lipinski definition) is 5. The van der Waals surface area contributed by atoms with Gasteiger partial charge in [-0.1, -0.05) is 59.8 Å². The number of amides is 1. The third kappa shape index (κ3) is 4.79. The molecule has 0 aliphatic heterocycles. The number of carbonyl (C=O) groups is 1. The molecule has 0 aliphatic carbocycles. The number of thiophene rings is 1. The van der Waals surface area contributed by atoms with Gasteiger partial charge in [-0.2, -0.15) is 0 Å². The van der Waals surface area contributed by atoms with E-state index in [0.29, 0.717) is 28.4 Å². The number of carbonyl (C=O) groups excluding carboxylic acids is 1. The van der Waals surface area contributed by atoms with E-state index in [2.05, 4.69) is 6.58 Å². The van der Waals surface area contributed by atoms with Crippen molar-refractivity contribution in [1.82, 2.24) is 14.5 Å². The molecule has 7 heteroatoms. The van der Waals surface area contributed by atoms with Gasteiger partial charge >= 0.3 is 0 Å². The van der Waals surface area contributed by atoms with E-state index in [1.807, 2.05) is 60.8 Å². The van der Waals surface area contributed by atoms with Gasteiger partial charge in [-0.15, -0.1) is 17.9 Å². The number of fused-ring (bicyclic) bond motifs is 1. The van der Waals surface area contributed by atoms with Crippen LogP contribution in [0.4, 0.5) is 0 Å². The third-order valence-corrected chi connectivity index (χ3v) is 7.20. The van der Waals surface area contributed by atoms with E-state index >= 15 is 0 Å². The molecule has 33 heavy (non-hydrogen) atoms. The van der Waals surface area contributed by atoms with Crippen molar-refractivity contribution in [2.24, 2.45) is 0 Å². The van der Waals surface area contributed by atoms with Gasteiger partial charge < -0.3 is 4.90 Å². The SMILES string of the molecule is C=CCn1c(SCc2cccc(C(=O)N(C)C)c2)nc2scc(-c3ccc(C)cc3)c2c1=O. The minimum Gasteiger partial charge on any atom is -0.345 e. The molecule has 5 nitrogen and oxygen atoms in total. The van der Waals surface area contributed by atoms with Crippen molar-refractivity contribution in [2.75, 3.05) is 14.1 Å². The van der Waals surface area contributed by atoms with Gasteiger partial charge in [0.15, 0.2) is 5.16 Å². The Bertz CT molecular complexity index is 1390. The molecule has 4 rings (SSSR count). The zero-order chi connectivity index (χ0) is 23.5. The molecule has 4 aromatic rings. The Morgan fingerprint density at radius 1 is 1.21 bits per heavy atom. The maximum atomic E-state index is 13.5. The van der Waals surface area contributed by atoms with Crippen LogP contribution < -0.4 is 5.56 Å². The molecule has 0 aliphatic rings. The topological polar surface area (TPSA) is 55.2 Å². The summed E-state index contributed by atoms with van der Waals surface area (Å²) in [6.45, 7) is 6.25. The summed E-state index contributed by atoms with van der Waals surface area (Å²) in [6, 6.07) is 15.7. The summed E-state index contributed by atoms with van der Waals surface area (Å²) in [5, 5.41) is 3.30. The molecule has 0 unspecified atom stereocenters. The van der Waals surface area contributed by atoms with Crippen LogP contribution in [-0.2, 0) is 12.3 Å². The zero-order valence-electron chi connectivity index (χ0n) is 18.9. The van der Waals surface area contributed by atoms with Crippen LogP contribution in [0.5, 0.6) is 0 Å². The van der Waals surface area contributed by atoms with Crippen molar-refractivity contribution in [3.05, 3.63) is 93.6 Å². The summed E-state index contributed by atoms with van der Waals surface area (Å²) in [4.78, 5) is 32.9. The minimum absolute atomic E-state index is 0.0350.